The van der Waals surface area contributed by atoms with Crippen molar-refractivity contribution in [1.29, 1.82) is 0 Å². The number of halogens is 1. The molecule has 2 N–H and O–H groups in total. The second-order valence-corrected chi connectivity index (χ2v) is 9.23. The summed E-state index contributed by atoms with van der Waals surface area (Å²) in [4.78, 5) is 23.0. The number of amides is 1. The summed E-state index contributed by atoms with van der Waals surface area (Å²) >= 11 is 3.45. The molecule has 1 aromatic heterocycles. The summed E-state index contributed by atoms with van der Waals surface area (Å²) < 4.78 is 7.05. The molecular formula is C26H29BrN6O2. The van der Waals surface area contributed by atoms with E-state index in [9.17, 15) is 4.79 Å². The molecule has 0 spiro atoms. The summed E-state index contributed by atoms with van der Waals surface area (Å²) in [5.41, 5.74) is 5.86. The minimum atomic E-state index is -0.235. The van der Waals surface area contributed by atoms with E-state index in [1.807, 2.05) is 59.4 Å². The Hall–Kier alpha value is -3.43. The van der Waals surface area contributed by atoms with Gasteiger partial charge in [0.15, 0.2) is 0 Å². The fraction of sp³-hybridized carbons (Fsp3) is 0.269. The van der Waals surface area contributed by atoms with Gasteiger partial charge in [0.2, 0.25) is 0 Å². The maximum atomic E-state index is 12.6. The monoisotopic (exact) mass is 536 g/mol. The number of hydrogen-bond acceptors (Lipinski definition) is 7. The number of hydrazine groups is 1. The molecule has 3 aromatic rings. The molecule has 0 unspecified atom stereocenters. The fourth-order valence-corrected chi connectivity index (χ4v) is 4.08. The molecule has 4 rings (SSSR count). The molecular weight excluding hydrogens is 508 g/mol. The first-order valence-electron chi connectivity index (χ1n) is 11.5. The predicted octanol–water partition coefficient (Wildman–Crippen LogP) is 5.61. The van der Waals surface area contributed by atoms with E-state index in [1.165, 1.54) is 6.42 Å². The normalized spacial score (nSPS) is 13.7. The number of aliphatic imine (C=N–C) groups is 1. The highest BCUT2D eigenvalue weighted by atomic mass is 79.9. The van der Waals surface area contributed by atoms with Gasteiger partial charge in [-0.2, -0.15) is 0 Å². The molecule has 35 heavy (non-hydrogen) atoms. The second-order valence-electron chi connectivity index (χ2n) is 8.32. The largest absolute Gasteiger partial charge is 0.457 e. The molecule has 2 aromatic carbocycles. The third kappa shape index (κ3) is 6.80. The number of hydrogen-bond donors (Lipinski definition) is 2. The Morgan fingerprint density at radius 1 is 1.11 bits per heavy atom. The number of nitrogens with zero attached hydrogens (tertiary/aromatic N) is 4. The topological polar surface area (TPSA) is 82.1 Å². The first-order chi connectivity index (χ1) is 17.0. The van der Waals surface area contributed by atoms with Crippen LogP contribution >= 0.6 is 15.9 Å². The van der Waals surface area contributed by atoms with Gasteiger partial charge in [-0.1, -0.05) is 22.4 Å². The molecule has 9 heteroatoms. The second kappa shape index (κ2) is 11.8. The first-order valence-corrected chi connectivity index (χ1v) is 12.3. The summed E-state index contributed by atoms with van der Waals surface area (Å²) in [5.74, 6) is 0.886. The molecule has 0 radical (unpaired) electrons. The Morgan fingerprint density at radius 3 is 2.60 bits per heavy atom. The molecule has 182 valence electrons. The van der Waals surface area contributed by atoms with Crippen LogP contribution in [0.15, 0.2) is 70.3 Å². The lowest BCUT2D eigenvalue weighted by Gasteiger charge is -2.26. The first kappa shape index (κ1) is 24.7. The van der Waals surface area contributed by atoms with Gasteiger partial charge in [0.1, 0.15) is 17.2 Å². The Bertz CT molecular complexity index is 1160. The van der Waals surface area contributed by atoms with Crippen molar-refractivity contribution < 1.29 is 9.53 Å². The molecule has 2 heterocycles. The number of ether oxygens (including phenoxy) is 1. The van der Waals surface area contributed by atoms with Crippen molar-refractivity contribution in [3.05, 3.63) is 71.0 Å². The van der Waals surface area contributed by atoms with Crippen LogP contribution in [0.5, 0.6) is 11.5 Å². The van der Waals surface area contributed by atoms with Crippen molar-refractivity contribution in [3.63, 3.8) is 0 Å². The average molecular weight is 537 g/mol. The van der Waals surface area contributed by atoms with Gasteiger partial charge >= 0.3 is 0 Å². The average Bonchev–Trinajstić information content (AvgIpc) is 2.89. The maximum Gasteiger partial charge on any atom is 0.284 e. The molecule has 0 atom stereocenters. The van der Waals surface area contributed by atoms with Crippen molar-refractivity contribution in [1.82, 2.24) is 15.4 Å². The van der Waals surface area contributed by atoms with E-state index in [-0.39, 0.29) is 5.91 Å². The molecule has 1 saturated heterocycles. The van der Waals surface area contributed by atoms with E-state index in [1.54, 1.807) is 18.3 Å². The van der Waals surface area contributed by atoms with E-state index in [2.05, 4.69) is 43.4 Å². The van der Waals surface area contributed by atoms with Gasteiger partial charge in [-0.25, -0.2) is 5.01 Å². The summed E-state index contributed by atoms with van der Waals surface area (Å²) in [6.45, 7) is 6.02. The minimum absolute atomic E-state index is 0.235. The molecule has 1 fully saturated rings. The van der Waals surface area contributed by atoms with E-state index in [4.69, 9.17) is 4.74 Å². The van der Waals surface area contributed by atoms with Gasteiger partial charge in [0.05, 0.1) is 18.0 Å². The van der Waals surface area contributed by atoms with Crippen LogP contribution in [0.2, 0.25) is 0 Å². The Morgan fingerprint density at radius 2 is 1.86 bits per heavy atom. The van der Waals surface area contributed by atoms with Crippen LogP contribution in [0.25, 0.3) is 0 Å². The zero-order chi connectivity index (χ0) is 24.6. The Kier molecular flexibility index (Phi) is 8.33. The lowest BCUT2D eigenvalue weighted by molar-refractivity contribution is 0.0744. The summed E-state index contributed by atoms with van der Waals surface area (Å²) in [6.07, 6.45) is 4.94. The van der Waals surface area contributed by atoms with Crippen LogP contribution in [0.1, 0.15) is 29.8 Å². The number of nitrogens with one attached hydrogen (secondary N) is 2. The van der Waals surface area contributed by atoms with Gasteiger partial charge in [-0.3, -0.25) is 20.2 Å². The number of anilines is 2. The summed E-state index contributed by atoms with van der Waals surface area (Å²) in [6, 6.07) is 17.0. The summed E-state index contributed by atoms with van der Waals surface area (Å²) in [7, 11) is 1.98. The number of carbonyl (C=O) groups excluding carboxylic acids is 1. The lowest BCUT2D eigenvalue weighted by Crippen LogP contribution is -2.45. The third-order valence-electron chi connectivity index (χ3n) is 5.71. The van der Waals surface area contributed by atoms with E-state index < -0.39 is 0 Å². The molecule has 0 bridgehead atoms. The number of rotatable bonds is 9. The molecule has 0 saturated carbocycles. The van der Waals surface area contributed by atoms with Crippen molar-refractivity contribution in [2.45, 2.75) is 19.3 Å². The van der Waals surface area contributed by atoms with Crippen molar-refractivity contribution in [3.8, 4) is 11.5 Å². The fourth-order valence-electron chi connectivity index (χ4n) is 3.82. The highest BCUT2D eigenvalue weighted by molar-refractivity contribution is 9.10. The van der Waals surface area contributed by atoms with Crippen LogP contribution < -0.4 is 20.4 Å². The number of carbonyl (C=O) groups is 1. The number of benzene rings is 2. The van der Waals surface area contributed by atoms with Gasteiger partial charge in [-0.05, 0) is 62.0 Å². The van der Waals surface area contributed by atoms with Crippen molar-refractivity contribution in [2.75, 3.05) is 37.0 Å². The predicted molar refractivity (Wildman–Crippen MR) is 144 cm³/mol. The van der Waals surface area contributed by atoms with Crippen LogP contribution in [0, 0.1) is 0 Å². The van der Waals surface area contributed by atoms with E-state index >= 15 is 0 Å². The highest BCUT2D eigenvalue weighted by Crippen LogP contribution is 2.34. The molecule has 0 aliphatic carbocycles. The van der Waals surface area contributed by atoms with Gasteiger partial charge in [0.25, 0.3) is 5.91 Å². The molecule has 1 amide bonds. The van der Waals surface area contributed by atoms with Crippen LogP contribution in [-0.4, -0.2) is 49.4 Å². The smallest absolute Gasteiger partial charge is 0.284 e. The number of piperidine rings is 1. The summed E-state index contributed by atoms with van der Waals surface area (Å²) in [5, 5.41) is 5.33. The SMILES string of the molecule is C=Nc1cc(Oc2ccnc(C(=O)NN3CCCCC3)c2)ccc1N(C)CNc1ccc(Br)cc1. The van der Waals surface area contributed by atoms with Gasteiger partial charge < -0.3 is 15.0 Å². The number of pyridine rings is 1. The Balaban J connectivity index is 1.40. The van der Waals surface area contributed by atoms with E-state index in [0.717, 1.165) is 41.8 Å². The molecule has 8 nitrogen and oxygen atoms in total. The van der Waals surface area contributed by atoms with Crippen molar-refractivity contribution >= 4 is 45.6 Å². The van der Waals surface area contributed by atoms with Gasteiger partial charge in [0, 0.05) is 48.6 Å². The minimum Gasteiger partial charge on any atom is -0.457 e. The van der Waals surface area contributed by atoms with Crippen LogP contribution in [-0.2, 0) is 0 Å². The lowest BCUT2D eigenvalue weighted by atomic mass is 10.2. The van der Waals surface area contributed by atoms with Gasteiger partial charge in [-0.15, -0.1) is 0 Å². The zero-order valence-electron chi connectivity index (χ0n) is 19.7. The van der Waals surface area contributed by atoms with Crippen molar-refractivity contribution in [2.24, 2.45) is 4.99 Å². The van der Waals surface area contributed by atoms with Crippen LogP contribution in [0.4, 0.5) is 17.1 Å². The standard InChI is InChI=1S/C26H29BrN6O2/c1-28-23-16-21(10-11-25(23)32(2)18-30-20-8-6-19(27)7-9-20)35-22-12-13-29-24(17-22)26(34)31-33-14-4-3-5-15-33/h6-13,16-17,30H,1,3-5,14-15,18H2,2H3,(H,31,34). The quantitative estimate of drug-likeness (QED) is 0.273. The third-order valence-corrected chi connectivity index (χ3v) is 6.24. The highest BCUT2D eigenvalue weighted by Gasteiger charge is 2.16. The molecule has 1 aliphatic heterocycles. The number of aromatic nitrogens is 1. The van der Waals surface area contributed by atoms with Crippen LogP contribution in [0.3, 0.4) is 0 Å². The molecule has 1 aliphatic rings. The van der Waals surface area contributed by atoms with E-state index in [0.29, 0.717) is 29.5 Å². The zero-order valence-corrected chi connectivity index (χ0v) is 21.3. The Labute approximate surface area is 214 Å². The maximum absolute atomic E-state index is 12.6.